The van der Waals surface area contributed by atoms with E-state index in [0.29, 0.717) is 5.69 Å². The molecule has 1 saturated heterocycles. The number of methoxy groups -OCH3 is 1. The van der Waals surface area contributed by atoms with E-state index >= 15 is 0 Å². The predicted octanol–water partition coefficient (Wildman–Crippen LogP) is 2.17. The zero-order chi connectivity index (χ0) is 10.8. The number of rotatable bonds is 2. The smallest absolute Gasteiger partial charge is 0.357 e. The highest BCUT2D eigenvalue weighted by molar-refractivity contribution is 7.10. The number of aromatic nitrogens is 1. The minimum Gasteiger partial charge on any atom is -0.464 e. The normalized spacial score (nSPS) is 25.5. The van der Waals surface area contributed by atoms with Crippen LogP contribution in [0.4, 0.5) is 0 Å². The molecule has 0 N–H and O–H groups in total. The molecule has 0 saturated carbocycles. The van der Waals surface area contributed by atoms with E-state index in [2.05, 4.69) is 9.72 Å². The molecule has 2 rings (SSSR count). The molecule has 0 aliphatic carbocycles. The first kappa shape index (κ1) is 10.6. The van der Waals surface area contributed by atoms with Crippen molar-refractivity contribution >= 4 is 17.3 Å². The third-order valence-corrected chi connectivity index (χ3v) is 3.42. The lowest BCUT2D eigenvalue weighted by molar-refractivity contribution is 0.0509. The third kappa shape index (κ3) is 2.03. The van der Waals surface area contributed by atoms with Crippen molar-refractivity contribution < 1.29 is 14.3 Å². The summed E-state index contributed by atoms with van der Waals surface area (Å²) < 4.78 is 10.4. The fourth-order valence-electron chi connectivity index (χ4n) is 1.73. The van der Waals surface area contributed by atoms with Crippen molar-refractivity contribution in [1.82, 2.24) is 4.98 Å². The van der Waals surface area contributed by atoms with E-state index in [4.69, 9.17) is 4.74 Å². The van der Waals surface area contributed by atoms with Gasteiger partial charge in [0.25, 0.3) is 0 Å². The van der Waals surface area contributed by atoms with Gasteiger partial charge in [0.05, 0.1) is 29.7 Å². The molecule has 82 valence electrons. The molecule has 0 amide bonds. The molecule has 4 nitrogen and oxygen atoms in total. The van der Waals surface area contributed by atoms with E-state index in [1.165, 1.54) is 18.4 Å². The molecule has 5 heteroatoms. The van der Waals surface area contributed by atoms with Crippen LogP contribution in [0, 0.1) is 0 Å². The zero-order valence-electron chi connectivity index (χ0n) is 8.73. The van der Waals surface area contributed by atoms with Crippen molar-refractivity contribution in [2.45, 2.75) is 32.0 Å². The molecule has 0 spiro atoms. The van der Waals surface area contributed by atoms with Crippen LogP contribution in [0.15, 0.2) is 5.51 Å². The summed E-state index contributed by atoms with van der Waals surface area (Å²) in [7, 11) is 1.36. The summed E-state index contributed by atoms with van der Waals surface area (Å²) >= 11 is 1.46. The average molecular weight is 227 g/mol. The second-order valence-corrected chi connectivity index (χ2v) is 4.46. The molecule has 1 aromatic rings. The summed E-state index contributed by atoms with van der Waals surface area (Å²) in [6.45, 7) is 2.04. The number of hydrogen-bond acceptors (Lipinski definition) is 5. The van der Waals surface area contributed by atoms with E-state index in [9.17, 15) is 4.79 Å². The summed E-state index contributed by atoms with van der Waals surface area (Å²) in [5.41, 5.74) is 2.06. The van der Waals surface area contributed by atoms with Gasteiger partial charge in [-0.25, -0.2) is 9.78 Å². The zero-order valence-corrected chi connectivity index (χ0v) is 9.54. The number of nitrogens with zero attached hydrogens (tertiary/aromatic N) is 1. The van der Waals surface area contributed by atoms with Gasteiger partial charge in [-0.05, 0) is 19.8 Å². The molecule has 0 bridgehead atoms. The number of esters is 1. The van der Waals surface area contributed by atoms with Crippen molar-refractivity contribution in [3.8, 4) is 0 Å². The Morgan fingerprint density at radius 1 is 1.67 bits per heavy atom. The molecule has 15 heavy (non-hydrogen) atoms. The number of ether oxygens (including phenoxy) is 2. The van der Waals surface area contributed by atoms with Gasteiger partial charge in [-0.2, -0.15) is 0 Å². The molecule has 1 fully saturated rings. The Morgan fingerprint density at radius 3 is 3.07 bits per heavy atom. The highest BCUT2D eigenvalue weighted by Crippen LogP contribution is 2.36. The summed E-state index contributed by atoms with van der Waals surface area (Å²) in [6, 6.07) is 0. The standard InChI is InChI=1S/C10H13NO3S/c1-6-3-4-7(14-6)9-8(10(12)13-2)11-5-15-9/h5-7H,3-4H2,1-2H3. The maximum atomic E-state index is 11.4. The van der Waals surface area contributed by atoms with Crippen LogP contribution in [0.1, 0.15) is 41.2 Å². The van der Waals surface area contributed by atoms with E-state index in [-0.39, 0.29) is 18.2 Å². The van der Waals surface area contributed by atoms with E-state index in [0.717, 1.165) is 17.7 Å². The van der Waals surface area contributed by atoms with Crippen LogP contribution in [0.3, 0.4) is 0 Å². The Hall–Kier alpha value is -0.940. The van der Waals surface area contributed by atoms with Gasteiger partial charge in [-0.3, -0.25) is 0 Å². The molecule has 0 aromatic carbocycles. The fourth-order valence-corrected chi connectivity index (χ4v) is 2.57. The Morgan fingerprint density at radius 2 is 2.47 bits per heavy atom. The SMILES string of the molecule is COC(=O)c1ncsc1C1CCC(C)O1. The first-order valence-electron chi connectivity index (χ1n) is 4.89. The van der Waals surface area contributed by atoms with Gasteiger partial charge in [0.15, 0.2) is 5.69 Å². The van der Waals surface area contributed by atoms with Crippen LogP contribution in [0.5, 0.6) is 0 Å². The number of carbonyl (C=O) groups excluding carboxylic acids is 1. The molecule has 2 unspecified atom stereocenters. The van der Waals surface area contributed by atoms with Gasteiger partial charge in [0.1, 0.15) is 0 Å². The third-order valence-electron chi connectivity index (χ3n) is 2.50. The van der Waals surface area contributed by atoms with Crippen molar-refractivity contribution in [1.29, 1.82) is 0 Å². The Bertz CT molecular complexity index is 363. The Balaban J connectivity index is 2.21. The van der Waals surface area contributed by atoms with Crippen molar-refractivity contribution in [2.24, 2.45) is 0 Å². The molecular weight excluding hydrogens is 214 g/mol. The quantitative estimate of drug-likeness (QED) is 0.726. The van der Waals surface area contributed by atoms with Gasteiger partial charge in [0.2, 0.25) is 0 Å². The van der Waals surface area contributed by atoms with Crippen LogP contribution >= 0.6 is 11.3 Å². The van der Waals surface area contributed by atoms with Gasteiger partial charge in [-0.1, -0.05) is 0 Å². The largest absolute Gasteiger partial charge is 0.464 e. The second-order valence-electron chi connectivity index (χ2n) is 3.57. The average Bonchev–Trinajstić information content (AvgIpc) is 2.84. The predicted molar refractivity (Wildman–Crippen MR) is 56.0 cm³/mol. The minimum atomic E-state index is -0.380. The van der Waals surface area contributed by atoms with E-state index < -0.39 is 0 Å². The first-order valence-corrected chi connectivity index (χ1v) is 5.77. The summed E-state index contributed by atoms with van der Waals surface area (Å²) in [5.74, 6) is -0.380. The second kappa shape index (κ2) is 4.28. The maximum Gasteiger partial charge on any atom is 0.357 e. The number of hydrogen-bond donors (Lipinski definition) is 0. The Kier molecular flexibility index (Phi) is 3.02. The lowest BCUT2D eigenvalue weighted by Gasteiger charge is -2.09. The lowest BCUT2D eigenvalue weighted by atomic mass is 10.1. The molecule has 1 aromatic heterocycles. The molecule has 2 atom stereocenters. The van der Waals surface area contributed by atoms with Gasteiger partial charge < -0.3 is 9.47 Å². The fraction of sp³-hybridized carbons (Fsp3) is 0.600. The molecule has 1 aliphatic heterocycles. The number of thiazole rings is 1. The van der Waals surface area contributed by atoms with Gasteiger partial charge >= 0.3 is 5.97 Å². The van der Waals surface area contributed by atoms with Crippen LogP contribution in [-0.4, -0.2) is 24.2 Å². The van der Waals surface area contributed by atoms with Gasteiger partial charge in [0, 0.05) is 0 Å². The van der Waals surface area contributed by atoms with Crippen molar-refractivity contribution in [3.63, 3.8) is 0 Å². The molecule has 2 heterocycles. The van der Waals surface area contributed by atoms with Crippen LogP contribution in [0.2, 0.25) is 0 Å². The minimum absolute atomic E-state index is 0.0154. The summed E-state index contributed by atoms with van der Waals surface area (Å²) in [6.07, 6.45) is 2.26. The molecule has 1 aliphatic rings. The summed E-state index contributed by atoms with van der Waals surface area (Å²) in [5, 5.41) is 0. The van der Waals surface area contributed by atoms with Gasteiger partial charge in [-0.15, -0.1) is 11.3 Å². The highest BCUT2D eigenvalue weighted by Gasteiger charge is 2.29. The Labute approximate surface area is 92.2 Å². The van der Waals surface area contributed by atoms with Crippen LogP contribution in [0.25, 0.3) is 0 Å². The maximum absolute atomic E-state index is 11.4. The molecule has 0 radical (unpaired) electrons. The first-order chi connectivity index (χ1) is 7.22. The summed E-state index contributed by atoms with van der Waals surface area (Å²) in [4.78, 5) is 16.3. The molecular formula is C10H13NO3S. The lowest BCUT2D eigenvalue weighted by Crippen LogP contribution is -2.08. The van der Waals surface area contributed by atoms with Crippen molar-refractivity contribution in [3.05, 3.63) is 16.1 Å². The highest BCUT2D eigenvalue weighted by atomic mass is 32.1. The van der Waals surface area contributed by atoms with Crippen LogP contribution < -0.4 is 0 Å². The van der Waals surface area contributed by atoms with E-state index in [1.807, 2.05) is 6.92 Å². The number of carbonyl (C=O) groups is 1. The van der Waals surface area contributed by atoms with Crippen molar-refractivity contribution in [2.75, 3.05) is 7.11 Å². The topological polar surface area (TPSA) is 48.4 Å². The van der Waals surface area contributed by atoms with E-state index in [1.54, 1.807) is 5.51 Å². The monoisotopic (exact) mass is 227 g/mol. The van der Waals surface area contributed by atoms with Crippen LogP contribution in [-0.2, 0) is 9.47 Å².